The number of furan rings is 2. The molecule has 19 heavy (non-hydrogen) atoms. The summed E-state index contributed by atoms with van der Waals surface area (Å²) in [5, 5.41) is 10.7. The maximum Gasteiger partial charge on any atom is 0.310 e. The zero-order valence-electron chi connectivity index (χ0n) is 10.5. The Labute approximate surface area is 108 Å². The summed E-state index contributed by atoms with van der Waals surface area (Å²) in [6, 6.07) is 3.47. The van der Waals surface area contributed by atoms with Crippen LogP contribution in [-0.2, 0) is 4.79 Å². The number of carboxylic acid groups (broad SMARTS) is 1. The Hall–Kier alpha value is -2.43. The van der Waals surface area contributed by atoms with Crippen LogP contribution in [0.25, 0.3) is 21.9 Å². The lowest BCUT2D eigenvalue weighted by Gasteiger charge is -2.11. The van der Waals surface area contributed by atoms with E-state index in [1.54, 1.807) is 26.2 Å². The highest BCUT2D eigenvalue weighted by molar-refractivity contribution is 6.06. The summed E-state index contributed by atoms with van der Waals surface area (Å²) in [6.45, 7) is 1.62. The SMILES string of the molecule is COc1c2ccoc2c(C(C)C(=O)O)c2ccoc12. The second kappa shape index (κ2) is 4.05. The maximum atomic E-state index is 11.3. The van der Waals surface area contributed by atoms with Crippen molar-refractivity contribution in [1.29, 1.82) is 0 Å². The predicted molar refractivity (Wildman–Crippen MR) is 68.6 cm³/mol. The number of aliphatic carboxylic acids is 1. The van der Waals surface area contributed by atoms with Gasteiger partial charge in [0.1, 0.15) is 5.58 Å². The van der Waals surface area contributed by atoms with Gasteiger partial charge in [-0.05, 0) is 19.1 Å². The Morgan fingerprint density at radius 2 is 1.84 bits per heavy atom. The lowest BCUT2D eigenvalue weighted by molar-refractivity contribution is -0.138. The number of hydrogen-bond acceptors (Lipinski definition) is 4. The molecule has 98 valence electrons. The summed E-state index contributed by atoms with van der Waals surface area (Å²) in [7, 11) is 1.55. The summed E-state index contributed by atoms with van der Waals surface area (Å²) in [6.07, 6.45) is 3.04. The van der Waals surface area contributed by atoms with Crippen LogP contribution in [0.1, 0.15) is 18.4 Å². The molecule has 5 heteroatoms. The smallest absolute Gasteiger partial charge is 0.310 e. The van der Waals surface area contributed by atoms with Gasteiger partial charge in [0.2, 0.25) is 0 Å². The topological polar surface area (TPSA) is 72.8 Å². The molecule has 3 rings (SSSR count). The molecule has 0 spiro atoms. The van der Waals surface area contributed by atoms with Gasteiger partial charge < -0.3 is 18.7 Å². The summed E-state index contributed by atoms with van der Waals surface area (Å²) in [5.41, 5.74) is 1.68. The van der Waals surface area contributed by atoms with Gasteiger partial charge in [-0.2, -0.15) is 0 Å². The standard InChI is InChI=1S/C14H12O5/c1-7(14(15)16)10-8-3-5-19-13(8)12(17-2)9-4-6-18-11(9)10/h3-7H,1-2H3,(H,15,16). The van der Waals surface area contributed by atoms with Crippen LogP contribution in [0.3, 0.4) is 0 Å². The van der Waals surface area contributed by atoms with Crippen molar-refractivity contribution in [3.8, 4) is 5.75 Å². The van der Waals surface area contributed by atoms with Crippen molar-refractivity contribution in [3.63, 3.8) is 0 Å². The molecular formula is C14H12O5. The van der Waals surface area contributed by atoms with E-state index in [0.717, 1.165) is 0 Å². The molecule has 5 nitrogen and oxygen atoms in total. The Kier molecular flexibility index (Phi) is 2.48. The Bertz CT molecular complexity index is 713. The highest BCUT2D eigenvalue weighted by Crippen LogP contribution is 2.42. The van der Waals surface area contributed by atoms with Crippen molar-refractivity contribution in [3.05, 3.63) is 30.2 Å². The molecule has 1 atom stereocenters. The van der Waals surface area contributed by atoms with Crippen LogP contribution in [0.15, 0.2) is 33.5 Å². The number of methoxy groups -OCH3 is 1. The molecule has 1 unspecified atom stereocenters. The molecule has 1 aromatic carbocycles. The fourth-order valence-corrected chi connectivity index (χ4v) is 2.39. The van der Waals surface area contributed by atoms with E-state index < -0.39 is 11.9 Å². The Morgan fingerprint density at radius 3 is 2.47 bits per heavy atom. The van der Waals surface area contributed by atoms with Crippen LogP contribution in [0, 0.1) is 0 Å². The van der Waals surface area contributed by atoms with Crippen molar-refractivity contribution in [2.24, 2.45) is 0 Å². The second-order valence-corrected chi connectivity index (χ2v) is 4.33. The first-order chi connectivity index (χ1) is 9.15. The molecule has 2 aromatic heterocycles. The number of ether oxygens (including phenoxy) is 1. The highest BCUT2D eigenvalue weighted by Gasteiger charge is 2.26. The number of rotatable bonds is 3. The van der Waals surface area contributed by atoms with Crippen molar-refractivity contribution in [1.82, 2.24) is 0 Å². The zero-order chi connectivity index (χ0) is 13.6. The predicted octanol–water partition coefficient (Wildman–Crippen LogP) is 3.38. The number of benzene rings is 1. The van der Waals surface area contributed by atoms with E-state index >= 15 is 0 Å². The van der Waals surface area contributed by atoms with Gasteiger partial charge in [0.25, 0.3) is 0 Å². The Morgan fingerprint density at radius 1 is 1.21 bits per heavy atom. The summed E-state index contributed by atoms with van der Waals surface area (Å²) < 4.78 is 16.2. The van der Waals surface area contributed by atoms with Gasteiger partial charge in [0, 0.05) is 10.9 Å². The van der Waals surface area contributed by atoms with Gasteiger partial charge in [0.15, 0.2) is 11.3 Å². The molecule has 0 fully saturated rings. The minimum Gasteiger partial charge on any atom is -0.492 e. The minimum atomic E-state index is -0.912. The largest absolute Gasteiger partial charge is 0.492 e. The fourth-order valence-electron chi connectivity index (χ4n) is 2.39. The fraction of sp³-hybridized carbons (Fsp3) is 0.214. The molecule has 0 aliphatic heterocycles. The van der Waals surface area contributed by atoms with Crippen LogP contribution in [0.5, 0.6) is 5.75 Å². The third-order valence-electron chi connectivity index (χ3n) is 3.32. The first-order valence-electron chi connectivity index (χ1n) is 5.82. The number of hydrogen-bond donors (Lipinski definition) is 1. The molecule has 0 aliphatic rings. The van der Waals surface area contributed by atoms with Crippen LogP contribution in [0.2, 0.25) is 0 Å². The third kappa shape index (κ3) is 1.51. The lowest BCUT2D eigenvalue weighted by Crippen LogP contribution is -2.08. The summed E-state index contributed by atoms with van der Waals surface area (Å²) in [5.74, 6) is -1.05. The van der Waals surface area contributed by atoms with Gasteiger partial charge in [0.05, 0.1) is 30.9 Å². The van der Waals surface area contributed by atoms with Crippen molar-refractivity contribution < 1.29 is 23.5 Å². The van der Waals surface area contributed by atoms with E-state index in [2.05, 4.69) is 0 Å². The average Bonchev–Trinajstić information content (AvgIpc) is 3.02. The van der Waals surface area contributed by atoms with Crippen molar-refractivity contribution in [2.45, 2.75) is 12.8 Å². The molecule has 1 N–H and O–H groups in total. The van der Waals surface area contributed by atoms with E-state index in [9.17, 15) is 9.90 Å². The van der Waals surface area contributed by atoms with E-state index in [4.69, 9.17) is 13.6 Å². The average molecular weight is 260 g/mol. The molecule has 0 saturated heterocycles. The molecule has 2 heterocycles. The van der Waals surface area contributed by atoms with E-state index in [0.29, 0.717) is 33.3 Å². The lowest BCUT2D eigenvalue weighted by atomic mass is 9.95. The number of carbonyl (C=O) groups is 1. The molecule has 0 saturated carbocycles. The first kappa shape index (κ1) is 11.6. The number of carboxylic acids is 1. The van der Waals surface area contributed by atoms with Crippen molar-refractivity contribution >= 4 is 27.9 Å². The minimum absolute atomic E-state index is 0.528. The Balaban J connectivity index is 2.49. The zero-order valence-corrected chi connectivity index (χ0v) is 10.5. The molecule has 0 bridgehead atoms. The molecular weight excluding hydrogens is 248 g/mol. The monoisotopic (exact) mass is 260 g/mol. The van der Waals surface area contributed by atoms with Gasteiger partial charge >= 0.3 is 5.97 Å². The van der Waals surface area contributed by atoms with Gasteiger partial charge in [-0.1, -0.05) is 0 Å². The maximum absolute atomic E-state index is 11.3. The van der Waals surface area contributed by atoms with Gasteiger partial charge in [-0.15, -0.1) is 0 Å². The third-order valence-corrected chi connectivity index (χ3v) is 3.32. The van der Waals surface area contributed by atoms with Crippen LogP contribution in [0.4, 0.5) is 0 Å². The van der Waals surface area contributed by atoms with Crippen LogP contribution < -0.4 is 4.74 Å². The second-order valence-electron chi connectivity index (χ2n) is 4.33. The number of fused-ring (bicyclic) bond motifs is 2. The molecule has 0 amide bonds. The molecule has 0 radical (unpaired) electrons. The van der Waals surface area contributed by atoms with E-state index in [1.165, 1.54) is 12.5 Å². The highest BCUT2D eigenvalue weighted by atomic mass is 16.5. The normalized spacial score (nSPS) is 12.9. The molecule has 0 aliphatic carbocycles. The van der Waals surface area contributed by atoms with Crippen LogP contribution in [-0.4, -0.2) is 18.2 Å². The quantitative estimate of drug-likeness (QED) is 0.781. The molecule has 3 aromatic rings. The van der Waals surface area contributed by atoms with E-state index in [-0.39, 0.29) is 0 Å². The summed E-state index contributed by atoms with van der Waals surface area (Å²) >= 11 is 0. The van der Waals surface area contributed by atoms with Crippen LogP contribution >= 0.6 is 0 Å². The van der Waals surface area contributed by atoms with Gasteiger partial charge in [-0.3, -0.25) is 4.79 Å². The van der Waals surface area contributed by atoms with E-state index in [1.807, 2.05) is 0 Å². The van der Waals surface area contributed by atoms with Gasteiger partial charge in [-0.25, -0.2) is 0 Å². The van der Waals surface area contributed by atoms with Crippen molar-refractivity contribution in [2.75, 3.05) is 7.11 Å². The summed E-state index contributed by atoms with van der Waals surface area (Å²) in [4.78, 5) is 11.3. The first-order valence-corrected chi connectivity index (χ1v) is 5.82.